The first-order valence-corrected chi connectivity index (χ1v) is 9.33. The van der Waals surface area contributed by atoms with Crippen molar-refractivity contribution in [2.45, 2.75) is 25.4 Å². The lowest BCUT2D eigenvalue weighted by Gasteiger charge is -2.23. The molecule has 27 heavy (non-hydrogen) atoms. The Morgan fingerprint density at radius 2 is 1.33 bits per heavy atom. The molecule has 4 rings (SSSR count). The average Bonchev–Trinajstić information content (AvgIpc) is 3.50. The summed E-state index contributed by atoms with van der Waals surface area (Å²) in [6, 6.07) is 26.7. The van der Waals surface area contributed by atoms with Gasteiger partial charge in [0.2, 0.25) is 5.91 Å². The number of carbonyl (C=O) groups is 1. The van der Waals surface area contributed by atoms with Crippen molar-refractivity contribution in [1.29, 1.82) is 0 Å². The van der Waals surface area contributed by atoms with Crippen LogP contribution in [0.5, 0.6) is 0 Å². The van der Waals surface area contributed by atoms with Crippen molar-refractivity contribution < 1.29 is 9.18 Å². The fraction of sp³-hybridized carbons (Fsp3) is 0.208. The van der Waals surface area contributed by atoms with Gasteiger partial charge in [-0.25, -0.2) is 4.39 Å². The maximum Gasteiger partial charge on any atom is 0.226 e. The number of amides is 1. The van der Waals surface area contributed by atoms with Gasteiger partial charge in [0.1, 0.15) is 5.82 Å². The van der Waals surface area contributed by atoms with E-state index in [0.29, 0.717) is 13.1 Å². The van der Waals surface area contributed by atoms with Crippen molar-refractivity contribution in [2.75, 3.05) is 0 Å². The number of hydrogen-bond acceptors (Lipinski definition) is 1. The van der Waals surface area contributed by atoms with E-state index in [0.717, 1.165) is 23.1 Å². The molecule has 3 aromatic rings. The van der Waals surface area contributed by atoms with E-state index in [4.69, 9.17) is 0 Å². The highest BCUT2D eigenvalue weighted by Gasteiger charge is 2.45. The fourth-order valence-corrected chi connectivity index (χ4v) is 3.60. The largest absolute Gasteiger partial charge is 0.334 e. The second-order valence-corrected chi connectivity index (χ2v) is 7.17. The molecule has 1 amide bonds. The van der Waals surface area contributed by atoms with E-state index < -0.39 is 0 Å². The van der Waals surface area contributed by atoms with Gasteiger partial charge in [0, 0.05) is 19.0 Å². The van der Waals surface area contributed by atoms with Crippen LogP contribution < -0.4 is 0 Å². The second kappa shape index (κ2) is 7.75. The lowest BCUT2D eigenvalue weighted by Crippen LogP contribution is -2.31. The Balaban J connectivity index is 1.51. The standard InChI is InChI=1S/C24H22FNO/c25-21-13-11-20(12-14-21)22-15-23(22)24(27)26(16-18-7-3-1-4-8-18)17-19-9-5-2-6-10-19/h1-14,22-23H,15-17H2. The van der Waals surface area contributed by atoms with Crippen LogP contribution in [0.3, 0.4) is 0 Å². The Kier molecular flexibility index (Phi) is 5.01. The minimum atomic E-state index is -0.239. The van der Waals surface area contributed by atoms with Gasteiger partial charge in [0.25, 0.3) is 0 Å². The Morgan fingerprint density at radius 3 is 1.85 bits per heavy atom. The molecule has 0 heterocycles. The lowest BCUT2D eigenvalue weighted by atomic mass is 10.1. The van der Waals surface area contributed by atoms with E-state index in [-0.39, 0.29) is 23.6 Å². The second-order valence-electron chi connectivity index (χ2n) is 7.17. The lowest BCUT2D eigenvalue weighted by molar-refractivity contribution is -0.134. The van der Waals surface area contributed by atoms with Gasteiger partial charge in [0.15, 0.2) is 0 Å². The maximum absolute atomic E-state index is 13.2. The van der Waals surface area contributed by atoms with Crippen LogP contribution in [0.4, 0.5) is 4.39 Å². The van der Waals surface area contributed by atoms with Crippen LogP contribution in [0, 0.1) is 11.7 Å². The van der Waals surface area contributed by atoms with Gasteiger partial charge in [-0.15, -0.1) is 0 Å². The molecular formula is C24H22FNO. The summed E-state index contributed by atoms with van der Waals surface area (Å²) in [4.78, 5) is 15.2. The fourth-order valence-electron chi connectivity index (χ4n) is 3.60. The van der Waals surface area contributed by atoms with E-state index in [1.165, 1.54) is 12.1 Å². The summed E-state index contributed by atoms with van der Waals surface area (Å²) in [7, 11) is 0. The van der Waals surface area contributed by atoms with Gasteiger partial charge in [-0.1, -0.05) is 72.8 Å². The molecule has 3 heteroatoms. The third-order valence-corrected chi connectivity index (χ3v) is 5.15. The predicted octanol–water partition coefficient (Wildman–Crippen LogP) is 5.16. The molecule has 2 atom stereocenters. The van der Waals surface area contributed by atoms with Crippen LogP contribution in [0.15, 0.2) is 84.9 Å². The van der Waals surface area contributed by atoms with E-state index in [1.807, 2.05) is 41.3 Å². The monoisotopic (exact) mass is 359 g/mol. The molecule has 2 nitrogen and oxygen atoms in total. The molecule has 0 aromatic heterocycles. The summed E-state index contributed by atoms with van der Waals surface area (Å²) < 4.78 is 13.2. The summed E-state index contributed by atoms with van der Waals surface area (Å²) in [6.07, 6.45) is 0.838. The van der Waals surface area contributed by atoms with Gasteiger partial charge in [0.05, 0.1) is 0 Å². The molecule has 1 aliphatic carbocycles. The highest BCUT2D eigenvalue weighted by atomic mass is 19.1. The van der Waals surface area contributed by atoms with Crippen molar-refractivity contribution in [3.05, 3.63) is 107 Å². The van der Waals surface area contributed by atoms with E-state index in [2.05, 4.69) is 24.3 Å². The molecule has 1 aliphatic rings. The van der Waals surface area contributed by atoms with Gasteiger partial charge in [-0.05, 0) is 41.2 Å². The molecule has 1 fully saturated rings. The number of rotatable bonds is 6. The molecule has 0 saturated heterocycles. The molecular weight excluding hydrogens is 337 g/mol. The van der Waals surface area contributed by atoms with Crippen LogP contribution in [-0.4, -0.2) is 10.8 Å². The average molecular weight is 359 g/mol. The smallest absolute Gasteiger partial charge is 0.226 e. The Labute approximate surface area is 159 Å². The number of nitrogens with zero attached hydrogens (tertiary/aromatic N) is 1. The summed E-state index contributed by atoms with van der Waals surface area (Å²) in [5.74, 6) is 0.129. The van der Waals surface area contributed by atoms with Crippen LogP contribution in [0.1, 0.15) is 29.0 Å². The Hall–Kier alpha value is -2.94. The number of halogens is 1. The van der Waals surface area contributed by atoms with Crippen molar-refractivity contribution in [1.82, 2.24) is 4.90 Å². The van der Waals surface area contributed by atoms with Gasteiger partial charge >= 0.3 is 0 Å². The van der Waals surface area contributed by atoms with Gasteiger partial charge in [-0.2, -0.15) is 0 Å². The van der Waals surface area contributed by atoms with Crippen molar-refractivity contribution in [3.63, 3.8) is 0 Å². The van der Waals surface area contributed by atoms with E-state index in [9.17, 15) is 9.18 Å². The third-order valence-electron chi connectivity index (χ3n) is 5.15. The molecule has 3 aromatic carbocycles. The molecule has 0 radical (unpaired) electrons. The molecule has 0 bridgehead atoms. The number of carbonyl (C=O) groups excluding carboxylic acids is 1. The highest BCUT2D eigenvalue weighted by Crippen LogP contribution is 2.48. The zero-order valence-electron chi connectivity index (χ0n) is 15.1. The SMILES string of the molecule is O=C(C1CC1c1ccc(F)cc1)N(Cc1ccccc1)Cc1ccccc1. The quantitative estimate of drug-likeness (QED) is 0.595. The van der Waals surface area contributed by atoms with Crippen LogP contribution in [0.2, 0.25) is 0 Å². The molecule has 0 aliphatic heterocycles. The van der Waals surface area contributed by atoms with E-state index in [1.54, 1.807) is 12.1 Å². The first-order chi connectivity index (χ1) is 13.2. The van der Waals surface area contributed by atoms with Gasteiger partial charge in [-0.3, -0.25) is 4.79 Å². The summed E-state index contributed by atoms with van der Waals surface area (Å²) in [5, 5.41) is 0. The summed E-state index contributed by atoms with van der Waals surface area (Å²) >= 11 is 0. The molecule has 0 spiro atoms. The van der Waals surface area contributed by atoms with Crippen LogP contribution in [-0.2, 0) is 17.9 Å². The highest BCUT2D eigenvalue weighted by molar-refractivity contribution is 5.83. The predicted molar refractivity (Wildman–Crippen MR) is 104 cm³/mol. The topological polar surface area (TPSA) is 20.3 Å². The molecule has 136 valence electrons. The summed E-state index contributed by atoms with van der Waals surface area (Å²) in [6.45, 7) is 1.20. The zero-order valence-corrected chi connectivity index (χ0v) is 15.1. The van der Waals surface area contributed by atoms with Crippen molar-refractivity contribution >= 4 is 5.91 Å². The normalized spacial score (nSPS) is 18.1. The Bertz CT molecular complexity index is 851. The molecule has 1 saturated carbocycles. The van der Waals surface area contributed by atoms with Crippen LogP contribution >= 0.6 is 0 Å². The van der Waals surface area contributed by atoms with E-state index >= 15 is 0 Å². The molecule has 0 N–H and O–H groups in total. The minimum absolute atomic E-state index is 0.0112. The summed E-state index contributed by atoms with van der Waals surface area (Å²) in [5.41, 5.74) is 3.30. The first kappa shape index (κ1) is 17.5. The zero-order chi connectivity index (χ0) is 18.6. The third kappa shape index (κ3) is 4.25. The minimum Gasteiger partial charge on any atom is -0.334 e. The first-order valence-electron chi connectivity index (χ1n) is 9.33. The van der Waals surface area contributed by atoms with Gasteiger partial charge < -0.3 is 4.90 Å². The number of benzene rings is 3. The van der Waals surface area contributed by atoms with Crippen LogP contribution in [0.25, 0.3) is 0 Å². The number of hydrogen-bond donors (Lipinski definition) is 0. The van der Waals surface area contributed by atoms with Crippen molar-refractivity contribution in [3.8, 4) is 0 Å². The van der Waals surface area contributed by atoms with Crippen molar-refractivity contribution in [2.24, 2.45) is 5.92 Å². The Morgan fingerprint density at radius 1 is 0.815 bits per heavy atom. The molecule has 2 unspecified atom stereocenters. The maximum atomic E-state index is 13.2.